The summed E-state index contributed by atoms with van der Waals surface area (Å²) in [4.78, 5) is 38.1. The molecule has 1 aromatic heterocycles. The van der Waals surface area contributed by atoms with Crippen LogP contribution >= 0.6 is 0 Å². The van der Waals surface area contributed by atoms with Gasteiger partial charge >= 0.3 is 23.7 Å². The molecule has 3 amide bonds. The second-order valence-corrected chi connectivity index (χ2v) is 9.55. The molecule has 1 fully saturated rings. The average molecular weight is 563 g/mol. The lowest BCUT2D eigenvalue weighted by atomic mass is 10.0. The number of carbonyl (C=O) groups is 3. The number of imide groups is 1. The number of fused-ring (bicyclic) bond motifs is 1. The van der Waals surface area contributed by atoms with Crippen molar-refractivity contribution in [3.63, 3.8) is 0 Å². The van der Waals surface area contributed by atoms with Crippen molar-refractivity contribution in [1.82, 2.24) is 10.3 Å². The van der Waals surface area contributed by atoms with Crippen LogP contribution in [-0.2, 0) is 25.8 Å². The molecule has 1 saturated heterocycles. The molecule has 4 rings (SSSR count). The predicted molar refractivity (Wildman–Crippen MR) is 119 cm³/mol. The number of halogens is 6. The maximum Gasteiger partial charge on any atom is 0.501 e. The van der Waals surface area contributed by atoms with Crippen LogP contribution in [0.2, 0.25) is 0 Å². The van der Waals surface area contributed by atoms with Crippen LogP contribution in [0.25, 0.3) is 10.9 Å². The summed E-state index contributed by atoms with van der Waals surface area (Å²) in [5.41, 5.74) is -3.97. The van der Waals surface area contributed by atoms with Crippen LogP contribution in [0.3, 0.4) is 0 Å². The summed E-state index contributed by atoms with van der Waals surface area (Å²) in [7, 11) is -5.53. The predicted octanol–water partition coefficient (Wildman–Crippen LogP) is 3.83. The van der Waals surface area contributed by atoms with Crippen molar-refractivity contribution < 1.29 is 54.3 Å². The van der Waals surface area contributed by atoms with E-state index >= 15 is 0 Å². The zero-order valence-corrected chi connectivity index (χ0v) is 19.4. The van der Waals surface area contributed by atoms with E-state index in [9.17, 15) is 44.3 Å². The first-order valence-corrected chi connectivity index (χ1v) is 11.7. The molecular formula is C22H15F6N3O6S. The Morgan fingerprint density at radius 1 is 0.974 bits per heavy atom. The molecule has 0 spiro atoms. The molecule has 0 bridgehead atoms. The molecule has 2 heterocycles. The van der Waals surface area contributed by atoms with E-state index in [1.807, 2.05) is 24.3 Å². The third-order valence-electron chi connectivity index (χ3n) is 5.14. The fourth-order valence-corrected chi connectivity index (χ4v) is 4.14. The highest BCUT2D eigenvalue weighted by atomic mass is 32.2. The number of rotatable bonds is 4. The number of anilines is 1. The standard InChI is InChI=1S/C20H14F3N3O4S.C2HF3O2/c21-20(22,23)31(29,30)14-7-5-13(6-8-14)26-18(27)17(25-19(26)28)11-12-9-10-24-16-4-2-1-3-15(12)16;3-2(4,5)1(6)7/h1-10,17H,11H2,(H,25,28);(H,6,7). The van der Waals surface area contributed by atoms with Gasteiger partial charge in [-0.2, -0.15) is 26.3 Å². The highest BCUT2D eigenvalue weighted by Gasteiger charge is 2.47. The van der Waals surface area contributed by atoms with Gasteiger partial charge in [-0.3, -0.25) is 9.78 Å². The topological polar surface area (TPSA) is 134 Å². The van der Waals surface area contributed by atoms with Crippen LogP contribution in [0.5, 0.6) is 0 Å². The van der Waals surface area contributed by atoms with Crippen LogP contribution in [0.4, 0.5) is 36.8 Å². The SMILES string of the molecule is O=C(O)C(F)(F)F.O=C1NC(Cc2ccnc3ccccc23)C(=O)N1c1ccc(S(=O)(=O)C(F)(F)F)cc1. The Balaban J connectivity index is 0.000000505. The summed E-state index contributed by atoms with van der Waals surface area (Å²) < 4.78 is 92.8. The Morgan fingerprint density at radius 3 is 2.11 bits per heavy atom. The number of pyridine rings is 1. The van der Waals surface area contributed by atoms with E-state index < -0.39 is 50.4 Å². The Kier molecular flexibility index (Phi) is 7.67. The number of carboxylic acids is 1. The van der Waals surface area contributed by atoms with Crippen molar-refractivity contribution >= 4 is 44.3 Å². The van der Waals surface area contributed by atoms with Crippen LogP contribution in [0, 0.1) is 0 Å². The highest BCUT2D eigenvalue weighted by molar-refractivity contribution is 7.92. The number of carboxylic acid groups (broad SMARTS) is 1. The van der Waals surface area contributed by atoms with Crippen molar-refractivity contribution in [3.05, 3.63) is 66.4 Å². The molecule has 1 aliphatic heterocycles. The molecule has 9 nitrogen and oxygen atoms in total. The van der Waals surface area contributed by atoms with Crippen molar-refractivity contribution in [2.24, 2.45) is 0 Å². The number of sulfone groups is 1. The van der Waals surface area contributed by atoms with Gasteiger partial charge in [0.1, 0.15) is 6.04 Å². The molecule has 0 saturated carbocycles. The normalized spacial score (nSPS) is 16.2. The first kappa shape index (κ1) is 28.4. The second-order valence-electron chi connectivity index (χ2n) is 7.61. The minimum Gasteiger partial charge on any atom is -0.475 e. The third-order valence-corrected chi connectivity index (χ3v) is 6.64. The number of nitrogens with one attached hydrogen (secondary N) is 1. The quantitative estimate of drug-likeness (QED) is 0.364. The van der Waals surface area contributed by atoms with E-state index in [0.29, 0.717) is 12.1 Å². The van der Waals surface area contributed by atoms with Gasteiger partial charge in [0, 0.05) is 18.0 Å². The average Bonchev–Trinajstić information content (AvgIpc) is 3.11. The van der Waals surface area contributed by atoms with Gasteiger partial charge in [0.2, 0.25) is 0 Å². The van der Waals surface area contributed by atoms with Crippen molar-refractivity contribution in [1.29, 1.82) is 0 Å². The molecule has 16 heteroatoms. The van der Waals surface area contributed by atoms with Crippen molar-refractivity contribution in [3.8, 4) is 0 Å². The number of hydrogen-bond donors (Lipinski definition) is 2. The minimum absolute atomic E-state index is 0.0364. The number of aromatic nitrogens is 1. The highest BCUT2D eigenvalue weighted by Crippen LogP contribution is 2.32. The second kappa shape index (κ2) is 10.3. The maximum atomic E-state index is 12.8. The largest absolute Gasteiger partial charge is 0.501 e. The molecule has 3 aromatic rings. The van der Waals surface area contributed by atoms with E-state index in [-0.39, 0.29) is 12.1 Å². The zero-order valence-electron chi connectivity index (χ0n) is 18.6. The van der Waals surface area contributed by atoms with Crippen LogP contribution in [0.15, 0.2) is 65.7 Å². The number of benzene rings is 2. The maximum absolute atomic E-state index is 12.8. The molecule has 1 atom stereocenters. The Hall–Kier alpha value is -4.21. The molecule has 2 N–H and O–H groups in total. The van der Waals surface area contributed by atoms with Gasteiger partial charge in [-0.05, 0) is 42.0 Å². The van der Waals surface area contributed by atoms with Gasteiger partial charge in [0.05, 0.1) is 16.1 Å². The van der Waals surface area contributed by atoms with Gasteiger partial charge in [0.15, 0.2) is 0 Å². The summed E-state index contributed by atoms with van der Waals surface area (Å²) in [5, 5.41) is 10.5. The Labute approximate surface area is 209 Å². The zero-order chi connectivity index (χ0) is 28.5. The monoisotopic (exact) mass is 563 g/mol. The van der Waals surface area contributed by atoms with Gasteiger partial charge < -0.3 is 10.4 Å². The Morgan fingerprint density at radius 2 is 1.55 bits per heavy atom. The molecule has 0 aliphatic carbocycles. The van der Waals surface area contributed by atoms with E-state index in [2.05, 4.69) is 10.3 Å². The number of para-hydroxylation sites is 1. The van der Waals surface area contributed by atoms with Crippen LogP contribution in [-0.4, -0.2) is 54.1 Å². The number of aliphatic carboxylic acids is 1. The lowest BCUT2D eigenvalue weighted by Crippen LogP contribution is -2.32. The van der Waals surface area contributed by atoms with Gasteiger partial charge in [-0.1, -0.05) is 18.2 Å². The van der Waals surface area contributed by atoms with Crippen LogP contribution in [0.1, 0.15) is 5.56 Å². The fourth-order valence-electron chi connectivity index (χ4n) is 3.38. The number of urea groups is 1. The number of nitrogens with zero attached hydrogens (tertiary/aromatic N) is 2. The lowest BCUT2D eigenvalue weighted by Gasteiger charge is -2.14. The summed E-state index contributed by atoms with van der Waals surface area (Å²) in [6.45, 7) is 0. The number of carbonyl (C=O) groups excluding carboxylic acids is 2. The molecule has 1 aliphatic rings. The van der Waals surface area contributed by atoms with E-state index in [1.165, 1.54) is 0 Å². The Bertz CT molecular complexity index is 1480. The molecule has 202 valence electrons. The van der Waals surface area contributed by atoms with Crippen molar-refractivity contribution in [2.75, 3.05) is 4.90 Å². The van der Waals surface area contributed by atoms with Crippen molar-refractivity contribution in [2.45, 2.75) is 29.0 Å². The third kappa shape index (κ3) is 5.85. The fraction of sp³-hybridized carbons (Fsp3) is 0.182. The first-order chi connectivity index (χ1) is 17.5. The minimum atomic E-state index is -5.53. The molecule has 2 aromatic carbocycles. The first-order valence-electron chi connectivity index (χ1n) is 10.2. The van der Waals surface area contributed by atoms with Crippen LogP contribution < -0.4 is 10.2 Å². The van der Waals surface area contributed by atoms with Gasteiger partial charge in [-0.15, -0.1) is 0 Å². The summed E-state index contributed by atoms with van der Waals surface area (Å²) in [6, 6.07) is 10.8. The molecule has 1 unspecified atom stereocenters. The van der Waals surface area contributed by atoms with Gasteiger partial charge in [-0.25, -0.2) is 22.9 Å². The van der Waals surface area contributed by atoms with Gasteiger partial charge in [0.25, 0.3) is 15.7 Å². The molecular weight excluding hydrogens is 548 g/mol. The smallest absolute Gasteiger partial charge is 0.475 e. The van der Waals surface area contributed by atoms with E-state index in [4.69, 9.17) is 9.90 Å². The van der Waals surface area contributed by atoms with E-state index in [1.54, 1.807) is 12.3 Å². The number of alkyl halides is 6. The summed E-state index contributed by atoms with van der Waals surface area (Å²) >= 11 is 0. The van der Waals surface area contributed by atoms with E-state index in [0.717, 1.165) is 33.5 Å². The molecule has 0 radical (unpaired) electrons. The lowest BCUT2D eigenvalue weighted by molar-refractivity contribution is -0.192. The molecule has 38 heavy (non-hydrogen) atoms. The number of amides is 3. The summed E-state index contributed by atoms with van der Waals surface area (Å²) in [5.74, 6) is -3.36. The number of hydrogen-bond acceptors (Lipinski definition) is 6. The summed E-state index contributed by atoms with van der Waals surface area (Å²) in [6.07, 6.45) is -3.30.